The molecule has 0 unspecified atom stereocenters. The summed E-state index contributed by atoms with van der Waals surface area (Å²) in [4.78, 5) is 28.4. The molecule has 8 nitrogen and oxygen atoms in total. The number of rotatable bonds is 10. The van der Waals surface area contributed by atoms with Crippen molar-refractivity contribution in [1.29, 1.82) is 0 Å². The Morgan fingerprint density at radius 2 is 1.46 bits per heavy atom. The summed E-state index contributed by atoms with van der Waals surface area (Å²) in [5.41, 5.74) is 2.58. The number of hydrogen-bond acceptors (Lipinski definition) is 6. The van der Waals surface area contributed by atoms with E-state index < -0.39 is 12.0 Å². The van der Waals surface area contributed by atoms with E-state index in [4.69, 9.17) is 18.9 Å². The highest BCUT2D eigenvalue weighted by molar-refractivity contribution is 6.01. The molecular formula is C29H32N2O6. The monoisotopic (exact) mass is 504 g/mol. The van der Waals surface area contributed by atoms with E-state index >= 15 is 0 Å². The van der Waals surface area contributed by atoms with Crippen molar-refractivity contribution in [3.8, 4) is 23.0 Å². The Bertz CT molecular complexity index is 1230. The molecule has 0 saturated carbocycles. The average Bonchev–Trinajstić information content (AvgIpc) is 3.29. The predicted molar refractivity (Wildman–Crippen MR) is 141 cm³/mol. The summed E-state index contributed by atoms with van der Waals surface area (Å²) < 4.78 is 21.2. The number of methoxy groups -OCH3 is 4. The first-order valence-corrected chi connectivity index (χ1v) is 12.1. The van der Waals surface area contributed by atoms with Crippen molar-refractivity contribution in [3.63, 3.8) is 0 Å². The van der Waals surface area contributed by atoms with Crippen LogP contribution in [0.15, 0.2) is 66.7 Å². The van der Waals surface area contributed by atoms with Crippen LogP contribution in [0.4, 0.5) is 5.69 Å². The Morgan fingerprint density at radius 1 is 0.838 bits per heavy atom. The molecular weight excluding hydrogens is 472 g/mol. The Kier molecular flexibility index (Phi) is 8.18. The highest BCUT2D eigenvalue weighted by Gasteiger charge is 2.45. The lowest BCUT2D eigenvalue weighted by molar-refractivity contribution is -0.126. The van der Waals surface area contributed by atoms with Gasteiger partial charge in [0.05, 0.1) is 40.4 Å². The standard InChI is InChI=1S/C29H32N2O6/c1-34-22-10-6-20(7-11-22)28-24(18-27(32)31(28)21-8-12-23(35-2)13-9-21)29(33)30-16-15-19-5-14-25(36-3)26(17-19)37-4/h5-14,17,24,28H,15-16,18H2,1-4H3,(H,30,33)/t24-,28-/m1/s1. The van der Waals surface area contributed by atoms with E-state index in [0.29, 0.717) is 41.7 Å². The van der Waals surface area contributed by atoms with Gasteiger partial charge in [0.15, 0.2) is 11.5 Å². The zero-order valence-corrected chi connectivity index (χ0v) is 21.5. The van der Waals surface area contributed by atoms with E-state index in [-0.39, 0.29) is 18.2 Å². The van der Waals surface area contributed by atoms with Gasteiger partial charge in [-0.3, -0.25) is 9.59 Å². The SMILES string of the molecule is COc1ccc([C@@H]2[C@H](C(=O)NCCc3ccc(OC)c(OC)c3)CC(=O)N2c2ccc(OC)cc2)cc1. The normalized spacial score (nSPS) is 16.9. The van der Waals surface area contributed by atoms with Gasteiger partial charge in [-0.1, -0.05) is 18.2 Å². The van der Waals surface area contributed by atoms with Crippen LogP contribution in [0.25, 0.3) is 0 Å². The molecule has 3 aromatic rings. The lowest BCUT2D eigenvalue weighted by Gasteiger charge is -2.28. The van der Waals surface area contributed by atoms with E-state index in [9.17, 15) is 9.59 Å². The number of nitrogens with one attached hydrogen (secondary N) is 1. The van der Waals surface area contributed by atoms with E-state index in [2.05, 4.69) is 5.32 Å². The molecule has 0 bridgehead atoms. The van der Waals surface area contributed by atoms with Crippen molar-refractivity contribution in [2.75, 3.05) is 39.9 Å². The maximum atomic E-state index is 13.4. The van der Waals surface area contributed by atoms with Gasteiger partial charge in [0.1, 0.15) is 11.5 Å². The highest BCUT2D eigenvalue weighted by atomic mass is 16.5. The fraction of sp³-hybridized carbons (Fsp3) is 0.310. The van der Waals surface area contributed by atoms with Gasteiger partial charge in [0.25, 0.3) is 0 Å². The molecule has 0 spiro atoms. The molecule has 2 atom stereocenters. The summed E-state index contributed by atoms with van der Waals surface area (Å²) in [5.74, 6) is 1.88. The van der Waals surface area contributed by atoms with Crippen LogP contribution in [0.3, 0.4) is 0 Å². The van der Waals surface area contributed by atoms with E-state index in [0.717, 1.165) is 11.1 Å². The molecule has 4 rings (SSSR count). The predicted octanol–water partition coefficient (Wildman–Crippen LogP) is 4.17. The molecule has 1 aliphatic heterocycles. The lowest BCUT2D eigenvalue weighted by Crippen LogP contribution is -2.36. The summed E-state index contributed by atoms with van der Waals surface area (Å²) in [7, 11) is 6.38. The number of hydrogen-bond donors (Lipinski definition) is 1. The third-order valence-corrected chi connectivity index (χ3v) is 6.63. The molecule has 3 aromatic carbocycles. The molecule has 1 aliphatic rings. The van der Waals surface area contributed by atoms with Crippen LogP contribution in [-0.2, 0) is 16.0 Å². The fourth-order valence-electron chi connectivity index (χ4n) is 4.70. The second kappa shape index (κ2) is 11.7. The van der Waals surface area contributed by atoms with Crippen LogP contribution in [0, 0.1) is 5.92 Å². The topological polar surface area (TPSA) is 86.3 Å². The van der Waals surface area contributed by atoms with E-state index in [1.165, 1.54) is 0 Å². The number of nitrogens with zero attached hydrogens (tertiary/aromatic N) is 1. The summed E-state index contributed by atoms with van der Waals surface area (Å²) in [6.07, 6.45) is 0.729. The first-order valence-electron chi connectivity index (χ1n) is 12.1. The maximum Gasteiger partial charge on any atom is 0.228 e. The quantitative estimate of drug-likeness (QED) is 0.446. The number of amides is 2. The molecule has 2 amide bonds. The first kappa shape index (κ1) is 25.9. The Morgan fingerprint density at radius 3 is 2.05 bits per heavy atom. The fourth-order valence-corrected chi connectivity index (χ4v) is 4.70. The minimum Gasteiger partial charge on any atom is -0.497 e. The zero-order chi connectivity index (χ0) is 26.4. The Labute approximate surface area is 217 Å². The molecule has 1 heterocycles. The van der Waals surface area contributed by atoms with Crippen molar-refractivity contribution in [2.24, 2.45) is 5.92 Å². The molecule has 1 N–H and O–H groups in total. The Hall–Kier alpha value is -4.20. The second-order valence-electron chi connectivity index (χ2n) is 8.72. The van der Waals surface area contributed by atoms with Gasteiger partial charge in [0, 0.05) is 18.7 Å². The van der Waals surface area contributed by atoms with Crippen LogP contribution in [-0.4, -0.2) is 46.8 Å². The zero-order valence-electron chi connectivity index (χ0n) is 21.5. The summed E-state index contributed by atoms with van der Waals surface area (Å²) in [6, 6.07) is 20.0. The second-order valence-corrected chi connectivity index (χ2v) is 8.72. The summed E-state index contributed by atoms with van der Waals surface area (Å²) in [5, 5.41) is 3.04. The average molecular weight is 505 g/mol. The van der Waals surface area contributed by atoms with Crippen molar-refractivity contribution in [1.82, 2.24) is 5.32 Å². The molecule has 0 radical (unpaired) electrons. The van der Waals surface area contributed by atoms with E-state index in [1.54, 1.807) is 33.3 Å². The van der Waals surface area contributed by atoms with Crippen molar-refractivity contribution < 1.29 is 28.5 Å². The molecule has 37 heavy (non-hydrogen) atoms. The van der Waals surface area contributed by atoms with Gasteiger partial charge in [-0.2, -0.15) is 0 Å². The third-order valence-electron chi connectivity index (χ3n) is 6.63. The maximum absolute atomic E-state index is 13.4. The number of ether oxygens (including phenoxy) is 4. The van der Waals surface area contributed by atoms with Crippen molar-refractivity contribution >= 4 is 17.5 Å². The van der Waals surface area contributed by atoms with Crippen LogP contribution >= 0.6 is 0 Å². The number of benzene rings is 3. The Balaban J connectivity index is 1.54. The minimum atomic E-state index is -0.548. The minimum absolute atomic E-state index is 0.106. The van der Waals surface area contributed by atoms with E-state index in [1.807, 2.05) is 66.7 Å². The van der Waals surface area contributed by atoms with Gasteiger partial charge < -0.3 is 29.2 Å². The molecule has 1 fully saturated rings. The molecule has 1 saturated heterocycles. The van der Waals surface area contributed by atoms with Crippen molar-refractivity contribution in [3.05, 3.63) is 77.9 Å². The van der Waals surface area contributed by atoms with Crippen molar-refractivity contribution in [2.45, 2.75) is 18.9 Å². The third kappa shape index (κ3) is 5.63. The first-order chi connectivity index (χ1) is 18.0. The number of carbonyl (C=O) groups is 2. The largest absolute Gasteiger partial charge is 0.497 e. The van der Waals surface area contributed by atoms with Gasteiger partial charge >= 0.3 is 0 Å². The molecule has 8 heteroatoms. The van der Waals surface area contributed by atoms with Crippen LogP contribution in [0.1, 0.15) is 23.6 Å². The number of carbonyl (C=O) groups excluding carboxylic acids is 2. The van der Waals surface area contributed by atoms with Gasteiger partial charge in [-0.25, -0.2) is 0 Å². The van der Waals surface area contributed by atoms with Gasteiger partial charge in [-0.15, -0.1) is 0 Å². The summed E-state index contributed by atoms with van der Waals surface area (Å²) >= 11 is 0. The smallest absolute Gasteiger partial charge is 0.228 e. The van der Waals surface area contributed by atoms with Gasteiger partial charge in [0.2, 0.25) is 11.8 Å². The van der Waals surface area contributed by atoms with Gasteiger partial charge in [-0.05, 0) is 66.1 Å². The lowest BCUT2D eigenvalue weighted by atomic mass is 9.92. The molecule has 0 aliphatic carbocycles. The highest BCUT2D eigenvalue weighted by Crippen LogP contribution is 2.42. The number of anilines is 1. The van der Waals surface area contributed by atoms with Crippen LogP contribution in [0.2, 0.25) is 0 Å². The van der Waals surface area contributed by atoms with Crippen LogP contribution in [0.5, 0.6) is 23.0 Å². The molecule has 0 aromatic heterocycles. The summed E-state index contributed by atoms with van der Waals surface area (Å²) in [6.45, 7) is 0.427. The molecule has 194 valence electrons. The van der Waals surface area contributed by atoms with Crippen LogP contribution < -0.4 is 29.2 Å².